The first-order chi connectivity index (χ1) is 11.5. The SMILES string of the molecule is CCc1nc2nc[nH]n2c(=O)c1Cc1ccc(C(C)(C)C#N)cc1. The summed E-state index contributed by atoms with van der Waals surface area (Å²) in [5.74, 6) is 0.395. The molecule has 0 atom stereocenters. The van der Waals surface area contributed by atoms with Crippen molar-refractivity contribution in [3.8, 4) is 6.07 Å². The topological polar surface area (TPSA) is 86.8 Å². The van der Waals surface area contributed by atoms with E-state index >= 15 is 0 Å². The van der Waals surface area contributed by atoms with Crippen molar-refractivity contribution in [2.75, 3.05) is 0 Å². The van der Waals surface area contributed by atoms with Crippen molar-refractivity contribution in [1.29, 1.82) is 5.26 Å². The average Bonchev–Trinajstić information content (AvgIpc) is 3.06. The lowest BCUT2D eigenvalue weighted by atomic mass is 9.85. The highest BCUT2D eigenvalue weighted by Crippen LogP contribution is 2.23. The predicted octanol–water partition coefficient (Wildman–Crippen LogP) is 2.37. The number of nitriles is 1. The molecule has 6 nitrogen and oxygen atoms in total. The van der Waals surface area contributed by atoms with Gasteiger partial charge in [-0.1, -0.05) is 31.2 Å². The number of rotatable bonds is 4. The summed E-state index contributed by atoms with van der Waals surface area (Å²) in [6.07, 6.45) is 2.64. The van der Waals surface area contributed by atoms with Gasteiger partial charge in [-0.15, -0.1) is 0 Å². The lowest BCUT2D eigenvalue weighted by molar-refractivity contribution is 0.686. The van der Waals surface area contributed by atoms with Gasteiger partial charge in [0, 0.05) is 12.0 Å². The van der Waals surface area contributed by atoms with Gasteiger partial charge >= 0.3 is 0 Å². The van der Waals surface area contributed by atoms with Crippen LogP contribution >= 0.6 is 0 Å². The molecule has 122 valence electrons. The van der Waals surface area contributed by atoms with Crippen LogP contribution in [-0.2, 0) is 18.3 Å². The number of aromatic amines is 1. The minimum absolute atomic E-state index is 0.115. The number of hydrogen-bond donors (Lipinski definition) is 1. The third kappa shape index (κ3) is 2.69. The molecule has 0 bridgehead atoms. The van der Waals surface area contributed by atoms with Gasteiger partial charge in [-0.2, -0.15) is 9.78 Å². The van der Waals surface area contributed by atoms with E-state index in [0.29, 0.717) is 24.2 Å². The van der Waals surface area contributed by atoms with Crippen LogP contribution < -0.4 is 5.56 Å². The van der Waals surface area contributed by atoms with Crippen LogP contribution in [0, 0.1) is 11.3 Å². The molecular formula is C18H19N5O. The van der Waals surface area contributed by atoms with Gasteiger partial charge in [0.15, 0.2) is 0 Å². The maximum atomic E-state index is 12.7. The molecule has 0 aliphatic carbocycles. The molecule has 2 aromatic heterocycles. The normalized spacial score (nSPS) is 11.6. The van der Waals surface area contributed by atoms with E-state index in [0.717, 1.165) is 16.8 Å². The van der Waals surface area contributed by atoms with Gasteiger partial charge in [0.25, 0.3) is 11.3 Å². The quantitative estimate of drug-likeness (QED) is 0.799. The summed E-state index contributed by atoms with van der Waals surface area (Å²) in [6, 6.07) is 10.1. The third-order valence-corrected chi connectivity index (χ3v) is 4.28. The van der Waals surface area contributed by atoms with Crippen molar-refractivity contribution in [2.45, 2.75) is 39.0 Å². The predicted molar refractivity (Wildman–Crippen MR) is 90.9 cm³/mol. The molecule has 3 aromatic rings. The van der Waals surface area contributed by atoms with Crippen LogP contribution in [0.2, 0.25) is 0 Å². The van der Waals surface area contributed by atoms with E-state index in [-0.39, 0.29) is 5.56 Å². The molecule has 0 spiro atoms. The Morgan fingerprint density at radius 2 is 2.00 bits per heavy atom. The zero-order valence-electron chi connectivity index (χ0n) is 14.0. The van der Waals surface area contributed by atoms with Crippen molar-refractivity contribution in [3.63, 3.8) is 0 Å². The zero-order valence-corrected chi connectivity index (χ0v) is 14.0. The van der Waals surface area contributed by atoms with Gasteiger partial charge in [0.05, 0.1) is 17.2 Å². The van der Waals surface area contributed by atoms with Crippen LogP contribution in [0.3, 0.4) is 0 Å². The lowest BCUT2D eigenvalue weighted by Gasteiger charge is -2.16. The van der Waals surface area contributed by atoms with Crippen molar-refractivity contribution < 1.29 is 0 Å². The van der Waals surface area contributed by atoms with Crippen molar-refractivity contribution >= 4 is 5.78 Å². The van der Waals surface area contributed by atoms with Crippen molar-refractivity contribution in [3.05, 3.63) is 63.3 Å². The first-order valence-corrected chi connectivity index (χ1v) is 7.91. The fourth-order valence-corrected chi connectivity index (χ4v) is 2.71. The monoisotopic (exact) mass is 321 g/mol. The van der Waals surface area contributed by atoms with Gasteiger partial charge in [-0.3, -0.25) is 9.89 Å². The summed E-state index contributed by atoms with van der Waals surface area (Å²) in [5.41, 5.74) is 2.78. The molecule has 3 rings (SSSR count). The molecule has 0 saturated carbocycles. The van der Waals surface area contributed by atoms with E-state index in [9.17, 15) is 10.1 Å². The number of H-pyrrole nitrogens is 1. The largest absolute Gasteiger partial charge is 0.278 e. The highest BCUT2D eigenvalue weighted by Gasteiger charge is 2.19. The van der Waals surface area contributed by atoms with Crippen molar-refractivity contribution in [1.82, 2.24) is 19.6 Å². The molecule has 6 heteroatoms. The zero-order chi connectivity index (χ0) is 17.3. The minimum Gasteiger partial charge on any atom is -0.278 e. The van der Waals surface area contributed by atoms with Gasteiger partial charge in [0.1, 0.15) is 6.33 Å². The maximum absolute atomic E-state index is 12.7. The fourth-order valence-electron chi connectivity index (χ4n) is 2.71. The number of nitrogens with one attached hydrogen (secondary N) is 1. The second kappa shape index (κ2) is 5.93. The molecule has 0 saturated heterocycles. The second-order valence-corrected chi connectivity index (χ2v) is 6.33. The summed E-state index contributed by atoms with van der Waals surface area (Å²) < 4.78 is 1.36. The number of aromatic nitrogens is 4. The maximum Gasteiger partial charge on any atom is 0.277 e. The second-order valence-electron chi connectivity index (χ2n) is 6.33. The van der Waals surface area contributed by atoms with Gasteiger partial charge in [-0.05, 0) is 31.4 Å². The van der Waals surface area contributed by atoms with E-state index < -0.39 is 5.41 Å². The lowest BCUT2D eigenvalue weighted by Crippen LogP contribution is -2.23. The summed E-state index contributed by atoms with van der Waals surface area (Å²) in [4.78, 5) is 21.2. The van der Waals surface area contributed by atoms with Crippen LogP contribution in [0.1, 0.15) is 43.2 Å². The summed E-state index contributed by atoms with van der Waals surface area (Å²) in [7, 11) is 0. The molecule has 0 aliphatic heterocycles. The van der Waals surface area contributed by atoms with Gasteiger partial charge < -0.3 is 0 Å². The first kappa shape index (κ1) is 15.9. The first-order valence-electron chi connectivity index (χ1n) is 7.91. The Bertz CT molecular complexity index is 973. The van der Waals surface area contributed by atoms with Crippen LogP contribution in [0.15, 0.2) is 35.4 Å². The Kier molecular flexibility index (Phi) is 3.94. The van der Waals surface area contributed by atoms with Gasteiger partial charge in [0.2, 0.25) is 0 Å². The summed E-state index contributed by atoms with van der Waals surface area (Å²) in [6.45, 7) is 5.76. The third-order valence-electron chi connectivity index (χ3n) is 4.28. The Hall–Kier alpha value is -2.94. The average molecular weight is 321 g/mol. The number of benzene rings is 1. The van der Waals surface area contributed by atoms with Crippen LogP contribution in [-0.4, -0.2) is 19.6 Å². The summed E-state index contributed by atoms with van der Waals surface area (Å²) >= 11 is 0. The molecule has 1 aromatic carbocycles. The summed E-state index contributed by atoms with van der Waals surface area (Å²) in [5, 5.41) is 12.0. The van der Waals surface area contributed by atoms with Gasteiger partial charge in [-0.25, -0.2) is 9.97 Å². The van der Waals surface area contributed by atoms with E-state index in [1.165, 1.54) is 10.8 Å². The molecule has 0 unspecified atom stereocenters. The van der Waals surface area contributed by atoms with E-state index in [2.05, 4.69) is 21.1 Å². The minimum atomic E-state index is -0.525. The van der Waals surface area contributed by atoms with E-state index in [1.807, 2.05) is 45.0 Å². The molecule has 24 heavy (non-hydrogen) atoms. The smallest absolute Gasteiger partial charge is 0.277 e. The van der Waals surface area contributed by atoms with Crippen molar-refractivity contribution in [2.24, 2.45) is 0 Å². The van der Waals surface area contributed by atoms with Crippen LogP contribution in [0.25, 0.3) is 5.78 Å². The van der Waals surface area contributed by atoms with Crippen LogP contribution in [0.4, 0.5) is 0 Å². The fraction of sp³-hybridized carbons (Fsp3) is 0.333. The van der Waals surface area contributed by atoms with E-state index in [1.54, 1.807) is 0 Å². The number of hydrogen-bond acceptors (Lipinski definition) is 4. The molecule has 0 fully saturated rings. The Morgan fingerprint density at radius 3 is 2.62 bits per heavy atom. The Balaban J connectivity index is 2.00. The highest BCUT2D eigenvalue weighted by atomic mass is 16.1. The van der Waals surface area contributed by atoms with E-state index in [4.69, 9.17) is 0 Å². The Labute approximate surface area is 139 Å². The number of aryl methyl sites for hydroxylation is 1. The highest BCUT2D eigenvalue weighted by molar-refractivity contribution is 5.37. The molecule has 1 N–H and O–H groups in total. The Morgan fingerprint density at radius 1 is 1.29 bits per heavy atom. The number of fused-ring (bicyclic) bond motifs is 1. The number of nitrogens with zero attached hydrogens (tertiary/aromatic N) is 4. The molecule has 0 amide bonds. The standard InChI is InChI=1S/C18H19N5O/c1-4-15-14(16(24)23-17(22-15)20-11-21-23)9-12-5-7-13(8-6-12)18(2,3)10-19/h5-8,11H,4,9H2,1-3H3,(H,20,21,22). The molecule has 0 radical (unpaired) electrons. The molecule has 2 heterocycles. The molecular weight excluding hydrogens is 302 g/mol. The van der Waals surface area contributed by atoms with Crippen LogP contribution in [0.5, 0.6) is 0 Å². The molecule has 0 aliphatic rings.